The molecule has 0 saturated carbocycles. The monoisotopic (exact) mass is 316 g/mol. The summed E-state index contributed by atoms with van der Waals surface area (Å²) in [4.78, 5) is 0. The van der Waals surface area contributed by atoms with Crippen LogP contribution in [0.25, 0.3) is 0 Å². The normalized spacial score (nSPS) is 34.8. The molecule has 1 rings (SSSR count). The summed E-state index contributed by atoms with van der Waals surface area (Å²) >= 11 is 0. The third-order valence-corrected chi connectivity index (χ3v) is 3.86. The van der Waals surface area contributed by atoms with Crippen molar-refractivity contribution in [2.45, 2.75) is 69.9 Å². The van der Waals surface area contributed by atoms with E-state index in [0.717, 1.165) is 6.42 Å². The van der Waals surface area contributed by atoms with E-state index in [9.17, 15) is 20.4 Å². The van der Waals surface area contributed by atoms with Crippen LogP contribution in [0.4, 0.5) is 0 Å². The van der Waals surface area contributed by atoms with Gasteiger partial charge in [0.05, 0.1) is 12.2 Å². The number of hydrogen-bond donors (Lipinski definition) is 4. The van der Waals surface area contributed by atoms with Crippen LogP contribution in [0.5, 0.6) is 0 Å². The fraction of sp³-hybridized carbons (Fsp3) is 0.750. The molecule has 6 unspecified atom stereocenters. The molecule has 1 aliphatic rings. The van der Waals surface area contributed by atoms with Crippen LogP contribution >= 0.6 is 0 Å². The summed E-state index contributed by atoms with van der Waals surface area (Å²) in [5.41, 5.74) is 0.429. The van der Waals surface area contributed by atoms with Gasteiger partial charge in [-0.1, -0.05) is 17.7 Å². The fourth-order valence-corrected chi connectivity index (χ4v) is 2.29. The van der Waals surface area contributed by atoms with Gasteiger partial charge in [-0.25, -0.2) is 0 Å². The molecule has 4 N–H and O–H groups in total. The van der Waals surface area contributed by atoms with Gasteiger partial charge in [-0.05, 0) is 33.6 Å². The van der Waals surface area contributed by atoms with Crippen molar-refractivity contribution in [1.29, 1.82) is 0 Å². The first-order chi connectivity index (χ1) is 10.2. The maximum atomic E-state index is 10.0. The van der Waals surface area contributed by atoms with Gasteiger partial charge in [-0.3, -0.25) is 0 Å². The number of aliphatic hydroxyl groups excluding tert-OH is 4. The molecule has 1 aliphatic heterocycles. The minimum Gasteiger partial charge on any atom is -0.394 e. The molecule has 1 fully saturated rings. The molecule has 1 saturated heterocycles. The lowest BCUT2D eigenvalue weighted by molar-refractivity contribution is -0.319. The highest BCUT2D eigenvalue weighted by Gasteiger charge is 2.45. The number of aliphatic hydroxyl groups is 4. The smallest absolute Gasteiger partial charge is 0.187 e. The lowest BCUT2D eigenvalue weighted by Gasteiger charge is -2.42. The second kappa shape index (κ2) is 8.19. The van der Waals surface area contributed by atoms with E-state index < -0.39 is 42.9 Å². The minimum absolute atomic E-state index is 0.479. The van der Waals surface area contributed by atoms with Crippen LogP contribution in [0.3, 0.4) is 0 Å². The Labute approximate surface area is 131 Å². The van der Waals surface area contributed by atoms with Crippen LogP contribution in [-0.2, 0) is 9.47 Å². The summed E-state index contributed by atoms with van der Waals surface area (Å²) in [6.45, 7) is 9.08. The van der Waals surface area contributed by atoms with Crippen LogP contribution in [0, 0.1) is 0 Å². The van der Waals surface area contributed by atoms with Crippen LogP contribution in [0.15, 0.2) is 24.3 Å². The van der Waals surface area contributed by atoms with E-state index in [1.54, 1.807) is 13.0 Å². The molecule has 0 bridgehead atoms. The summed E-state index contributed by atoms with van der Waals surface area (Å²) in [7, 11) is 0. The Balaban J connectivity index is 2.75. The van der Waals surface area contributed by atoms with Gasteiger partial charge in [0.2, 0.25) is 0 Å². The van der Waals surface area contributed by atoms with E-state index in [1.807, 2.05) is 13.8 Å². The predicted molar refractivity (Wildman–Crippen MR) is 82.1 cm³/mol. The molecule has 0 radical (unpaired) electrons. The van der Waals surface area contributed by atoms with Crippen LogP contribution in [0.1, 0.15) is 33.6 Å². The molecule has 128 valence electrons. The summed E-state index contributed by atoms with van der Waals surface area (Å²) in [5, 5.41) is 38.7. The van der Waals surface area contributed by atoms with Crippen molar-refractivity contribution in [3.63, 3.8) is 0 Å². The zero-order valence-electron chi connectivity index (χ0n) is 13.5. The van der Waals surface area contributed by atoms with Crippen LogP contribution in [0.2, 0.25) is 0 Å². The zero-order chi connectivity index (χ0) is 16.9. The van der Waals surface area contributed by atoms with E-state index in [4.69, 9.17) is 9.47 Å². The SMILES string of the molecule is C=CC(C)(CCC=C(C)C)OC1OC(CO)C(O)C(O)C1O. The van der Waals surface area contributed by atoms with Crippen molar-refractivity contribution in [2.75, 3.05) is 6.61 Å². The van der Waals surface area contributed by atoms with E-state index in [-0.39, 0.29) is 0 Å². The van der Waals surface area contributed by atoms with Crippen LogP contribution in [-0.4, -0.2) is 63.3 Å². The molecule has 6 atom stereocenters. The van der Waals surface area contributed by atoms with Crippen molar-refractivity contribution < 1.29 is 29.9 Å². The Bertz CT molecular complexity index is 390. The Kier molecular flexibility index (Phi) is 7.18. The fourth-order valence-electron chi connectivity index (χ4n) is 2.29. The summed E-state index contributed by atoms with van der Waals surface area (Å²) in [6.07, 6.45) is -1.28. The summed E-state index contributed by atoms with van der Waals surface area (Å²) in [5.74, 6) is 0. The van der Waals surface area contributed by atoms with Gasteiger partial charge in [-0.2, -0.15) is 0 Å². The van der Waals surface area contributed by atoms with Crippen molar-refractivity contribution in [3.05, 3.63) is 24.3 Å². The van der Waals surface area contributed by atoms with Crippen molar-refractivity contribution in [1.82, 2.24) is 0 Å². The van der Waals surface area contributed by atoms with Gasteiger partial charge in [0.15, 0.2) is 6.29 Å². The average Bonchev–Trinajstić information content (AvgIpc) is 2.47. The Morgan fingerprint density at radius 1 is 1.23 bits per heavy atom. The number of rotatable bonds is 7. The van der Waals surface area contributed by atoms with Crippen molar-refractivity contribution >= 4 is 0 Å². The summed E-state index contributed by atoms with van der Waals surface area (Å²) in [6, 6.07) is 0. The highest BCUT2D eigenvalue weighted by molar-refractivity contribution is 5.00. The third-order valence-electron chi connectivity index (χ3n) is 3.86. The number of allylic oxidation sites excluding steroid dienone is 2. The molecule has 6 nitrogen and oxygen atoms in total. The predicted octanol–water partition coefficient (Wildman–Crippen LogP) is 0.494. The molecule has 6 heteroatoms. The molecule has 0 amide bonds. The molecular formula is C16H28O6. The van der Waals surface area contributed by atoms with Crippen molar-refractivity contribution in [2.24, 2.45) is 0 Å². The van der Waals surface area contributed by atoms with Gasteiger partial charge in [-0.15, -0.1) is 6.58 Å². The lowest BCUT2D eigenvalue weighted by atomic mass is 9.96. The molecule has 0 aromatic carbocycles. The standard InChI is InChI=1S/C16H28O6/c1-5-16(4,8-6-7-10(2)3)22-15-14(20)13(19)12(18)11(9-17)21-15/h5,7,11-15,17-20H,1,6,8-9H2,2-4H3. The Morgan fingerprint density at radius 3 is 2.36 bits per heavy atom. The quantitative estimate of drug-likeness (QED) is 0.510. The molecule has 0 aromatic rings. The van der Waals surface area contributed by atoms with Gasteiger partial charge < -0.3 is 29.9 Å². The molecular weight excluding hydrogens is 288 g/mol. The van der Waals surface area contributed by atoms with E-state index in [1.165, 1.54) is 5.57 Å². The number of ether oxygens (including phenoxy) is 2. The number of hydrogen-bond acceptors (Lipinski definition) is 6. The second-order valence-corrected chi connectivity index (χ2v) is 6.15. The largest absolute Gasteiger partial charge is 0.394 e. The highest BCUT2D eigenvalue weighted by atomic mass is 16.7. The molecule has 0 aliphatic carbocycles. The molecule has 0 aromatic heterocycles. The van der Waals surface area contributed by atoms with Gasteiger partial charge >= 0.3 is 0 Å². The molecule has 1 heterocycles. The second-order valence-electron chi connectivity index (χ2n) is 6.15. The first-order valence-corrected chi connectivity index (χ1v) is 7.49. The highest BCUT2D eigenvalue weighted by Crippen LogP contribution is 2.29. The lowest BCUT2D eigenvalue weighted by Crippen LogP contribution is -2.60. The average molecular weight is 316 g/mol. The van der Waals surface area contributed by atoms with Crippen molar-refractivity contribution in [3.8, 4) is 0 Å². The maximum Gasteiger partial charge on any atom is 0.187 e. The maximum absolute atomic E-state index is 10.0. The Morgan fingerprint density at radius 2 is 1.86 bits per heavy atom. The van der Waals surface area contributed by atoms with E-state index in [2.05, 4.69) is 12.7 Å². The van der Waals surface area contributed by atoms with Crippen LogP contribution < -0.4 is 0 Å². The summed E-state index contributed by atoms with van der Waals surface area (Å²) < 4.78 is 11.1. The molecule has 0 spiro atoms. The van der Waals surface area contributed by atoms with E-state index in [0.29, 0.717) is 6.42 Å². The van der Waals surface area contributed by atoms with Gasteiger partial charge in [0, 0.05) is 0 Å². The van der Waals surface area contributed by atoms with E-state index >= 15 is 0 Å². The third kappa shape index (κ3) is 4.87. The zero-order valence-corrected chi connectivity index (χ0v) is 13.5. The topological polar surface area (TPSA) is 99.4 Å². The first-order valence-electron chi connectivity index (χ1n) is 7.49. The minimum atomic E-state index is -1.44. The van der Waals surface area contributed by atoms with Gasteiger partial charge in [0.25, 0.3) is 0 Å². The Hall–Kier alpha value is -0.760. The molecule has 22 heavy (non-hydrogen) atoms. The first kappa shape index (κ1) is 19.3. The van der Waals surface area contributed by atoms with Gasteiger partial charge in [0.1, 0.15) is 24.4 Å².